The van der Waals surface area contributed by atoms with E-state index in [1.165, 1.54) is 32.1 Å². The first kappa shape index (κ1) is 12.5. The Kier molecular flexibility index (Phi) is 5.14. The van der Waals surface area contributed by atoms with E-state index < -0.39 is 0 Å². The largest absolute Gasteiger partial charge is 0.0853 e. The van der Waals surface area contributed by atoms with Gasteiger partial charge in [0.05, 0.1) is 0 Å². The zero-order valence-electron chi connectivity index (χ0n) is 10.8. The van der Waals surface area contributed by atoms with E-state index in [1.807, 2.05) is 0 Å². The molecule has 1 atom stereocenters. The molecule has 0 saturated heterocycles. The lowest BCUT2D eigenvalue weighted by atomic mass is 9.85. The minimum absolute atomic E-state index is 0.821. The van der Waals surface area contributed by atoms with Crippen molar-refractivity contribution in [3.05, 3.63) is 23.3 Å². The van der Waals surface area contributed by atoms with Gasteiger partial charge in [0.2, 0.25) is 0 Å². The highest BCUT2D eigenvalue weighted by atomic mass is 14.2. The van der Waals surface area contributed by atoms with Crippen LogP contribution in [0.15, 0.2) is 23.3 Å². The average Bonchev–Trinajstić information content (AvgIpc) is 2.16. The minimum Gasteiger partial charge on any atom is -0.0853 e. The molecule has 0 spiro atoms. The van der Waals surface area contributed by atoms with Crippen LogP contribution in [0.3, 0.4) is 0 Å². The van der Waals surface area contributed by atoms with E-state index in [-0.39, 0.29) is 0 Å². The van der Waals surface area contributed by atoms with Crippen molar-refractivity contribution in [2.45, 2.75) is 59.8 Å². The summed E-state index contributed by atoms with van der Waals surface area (Å²) in [7, 11) is 0. The quantitative estimate of drug-likeness (QED) is 0.523. The summed E-state index contributed by atoms with van der Waals surface area (Å²) in [5.74, 6) is 1.70. The molecule has 1 rings (SSSR count). The molecule has 15 heavy (non-hydrogen) atoms. The van der Waals surface area contributed by atoms with E-state index in [9.17, 15) is 0 Å². The normalized spacial score (nSPS) is 24.7. The maximum atomic E-state index is 2.47. The average molecular weight is 206 g/mol. The van der Waals surface area contributed by atoms with Crippen LogP contribution in [0.4, 0.5) is 0 Å². The molecule has 0 unspecified atom stereocenters. The summed E-state index contributed by atoms with van der Waals surface area (Å²) in [6, 6.07) is 0. The minimum atomic E-state index is 0.821. The molecule has 0 bridgehead atoms. The molecule has 0 radical (unpaired) electrons. The summed E-state index contributed by atoms with van der Waals surface area (Å²) in [6.45, 7) is 9.29. The van der Waals surface area contributed by atoms with Crippen molar-refractivity contribution < 1.29 is 0 Å². The molecule has 1 aliphatic rings. The Hall–Kier alpha value is -0.520. The standard InChI is InChI=1S/C15H26/c1-12(2)15-10-8-13(3)6-5-7-14(4)9-11-15/h6,9,12,15H,5,7-8,10-11H2,1-4H3/t15-/m1/s1. The van der Waals surface area contributed by atoms with Gasteiger partial charge >= 0.3 is 0 Å². The fraction of sp³-hybridized carbons (Fsp3) is 0.733. The van der Waals surface area contributed by atoms with Crippen molar-refractivity contribution in [1.82, 2.24) is 0 Å². The Labute approximate surface area is 95.5 Å². The van der Waals surface area contributed by atoms with Crippen molar-refractivity contribution >= 4 is 0 Å². The molecule has 0 saturated carbocycles. The van der Waals surface area contributed by atoms with Crippen LogP contribution in [0.1, 0.15) is 59.8 Å². The van der Waals surface area contributed by atoms with E-state index >= 15 is 0 Å². The molecular formula is C15H26. The highest BCUT2D eigenvalue weighted by Gasteiger charge is 2.12. The van der Waals surface area contributed by atoms with Crippen LogP contribution in [0, 0.1) is 11.8 Å². The Morgan fingerprint density at radius 1 is 1.07 bits per heavy atom. The third-order valence-electron chi connectivity index (χ3n) is 3.65. The third-order valence-corrected chi connectivity index (χ3v) is 3.65. The maximum absolute atomic E-state index is 2.47. The van der Waals surface area contributed by atoms with Crippen molar-refractivity contribution in [3.8, 4) is 0 Å². The number of hydrogen-bond donors (Lipinski definition) is 0. The van der Waals surface area contributed by atoms with Crippen molar-refractivity contribution in [3.63, 3.8) is 0 Å². The van der Waals surface area contributed by atoms with Gasteiger partial charge in [-0.2, -0.15) is 0 Å². The summed E-state index contributed by atoms with van der Waals surface area (Å²) >= 11 is 0. The predicted octanol–water partition coefficient (Wildman–Crippen LogP) is 5.12. The Morgan fingerprint density at radius 3 is 2.40 bits per heavy atom. The van der Waals surface area contributed by atoms with Gasteiger partial charge in [0.15, 0.2) is 0 Å². The van der Waals surface area contributed by atoms with Crippen LogP contribution in [-0.2, 0) is 0 Å². The van der Waals surface area contributed by atoms with Gasteiger partial charge in [0.25, 0.3) is 0 Å². The second-order valence-electron chi connectivity index (χ2n) is 5.42. The first-order valence-corrected chi connectivity index (χ1v) is 6.41. The van der Waals surface area contributed by atoms with Crippen LogP contribution >= 0.6 is 0 Å². The van der Waals surface area contributed by atoms with E-state index in [0.29, 0.717) is 0 Å². The topological polar surface area (TPSA) is 0 Å². The van der Waals surface area contributed by atoms with Crippen LogP contribution in [0.25, 0.3) is 0 Å². The Balaban J connectivity index is 2.66. The van der Waals surface area contributed by atoms with Crippen molar-refractivity contribution in [1.29, 1.82) is 0 Å². The highest BCUT2D eigenvalue weighted by Crippen LogP contribution is 2.26. The molecule has 0 aromatic heterocycles. The van der Waals surface area contributed by atoms with Gasteiger partial charge in [-0.25, -0.2) is 0 Å². The van der Waals surface area contributed by atoms with Gasteiger partial charge in [-0.1, -0.05) is 37.1 Å². The summed E-state index contributed by atoms with van der Waals surface area (Å²) in [6.07, 6.45) is 11.3. The molecule has 0 aromatic carbocycles. The SMILES string of the molecule is CC1=CC[C@H](C(C)C)CCC(C)=CCC1. The summed E-state index contributed by atoms with van der Waals surface area (Å²) in [4.78, 5) is 0. The molecule has 86 valence electrons. The van der Waals surface area contributed by atoms with Gasteiger partial charge in [-0.05, 0) is 57.8 Å². The predicted molar refractivity (Wildman–Crippen MR) is 68.9 cm³/mol. The molecule has 0 amide bonds. The zero-order chi connectivity index (χ0) is 11.3. The van der Waals surface area contributed by atoms with Crippen LogP contribution < -0.4 is 0 Å². The van der Waals surface area contributed by atoms with E-state index in [4.69, 9.17) is 0 Å². The second kappa shape index (κ2) is 6.15. The molecule has 0 N–H and O–H groups in total. The third kappa shape index (κ3) is 4.68. The highest BCUT2D eigenvalue weighted by molar-refractivity contribution is 5.06. The first-order valence-electron chi connectivity index (χ1n) is 6.41. The summed E-state index contributed by atoms with van der Waals surface area (Å²) < 4.78 is 0. The van der Waals surface area contributed by atoms with Crippen molar-refractivity contribution in [2.24, 2.45) is 11.8 Å². The van der Waals surface area contributed by atoms with Crippen LogP contribution in [0.2, 0.25) is 0 Å². The molecule has 0 aliphatic heterocycles. The molecule has 0 heterocycles. The fourth-order valence-corrected chi connectivity index (χ4v) is 2.24. The smallest absolute Gasteiger partial charge is 0.0288 e. The maximum Gasteiger partial charge on any atom is -0.0288 e. The lowest BCUT2D eigenvalue weighted by Gasteiger charge is -2.20. The van der Waals surface area contributed by atoms with Gasteiger partial charge in [0, 0.05) is 0 Å². The summed E-state index contributed by atoms with van der Waals surface area (Å²) in [5.41, 5.74) is 3.17. The summed E-state index contributed by atoms with van der Waals surface area (Å²) in [5, 5.41) is 0. The fourth-order valence-electron chi connectivity index (χ4n) is 2.24. The van der Waals surface area contributed by atoms with Crippen LogP contribution in [0.5, 0.6) is 0 Å². The van der Waals surface area contributed by atoms with Gasteiger partial charge in [-0.3, -0.25) is 0 Å². The molecule has 0 heteroatoms. The molecule has 0 nitrogen and oxygen atoms in total. The second-order valence-corrected chi connectivity index (χ2v) is 5.42. The van der Waals surface area contributed by atoms with Gasteiger partial charge < -0.3 is 0 Å². The first-order chi connectivity index (χ1) is 7.09. The van der Waals surface area contributed by atoms with Gasteiger partial charge in [-0.15, -0.1) is 0 Å². The lowest BCUT2D eigenvalue weighted by Crippen LogP contribution is -2.08. The molecule has 0 aromatic rings. The number of hydrogen-bond acceptors (Lipinski definition) is 0. The number of allylic oxidation sites excluding steroid dienone is 4. The van der Waals surface area contributed by atoms with Crippen LogP contribution in [-0.4, -0.2) is 0 Å². The molecular weight excluding hydrogens is 180 g/mol. The van der Waals surface area contributed by atoms with Gasteiger partial charge in [0.1, 0.15) is 0 Å². The van der Waals surface area contributed by atoms with Crippen molar-refractivity contribution in [2.75, 3.05) is 0 Å². The zero-order valence-corrected chi connectivity index (χ0v) is 10.8. The van der Waals surface area contributed by atoms with E-state index in [1.54, 1.807) is 11.1 Å². The molecule has 0 fully saturated rings. The lowest BCUT2D eigenvalue weighted by molar-refractivity contribution is 0.361. The number of rotatable bonds is 1. The molecule has 1 aliphatic carbocycles. The Morgan fingerprint density at radius 2 is 1.73 bits per heavy atom. The van der Waals surface area contributed by atoms with E-state index in [0.717, 1.165) is 11.8 Å². The van der Waals surface area contributed by atoms with E-state index in [2.05, 4.69) is 39.8 Å². The Bertz CT molecular complexity index is 243. The monoisotopic (exact) mass is 206 g/mol.